The number of carbonyl (C=O) groups is 1. The highest BCUT2D eigenvalue weighted by molar-refractivity contribution is 7.09. The molecule has 0 atom stereocenters. The van der Waals surface area contributed by atoms with Crippen LogP contribution in [-0.2, 0) is 6.54 Å². The van der Waals surface area contributed by atoms with Gasteiger partial charge in [0.15, 0.2) is 0 Å². The summed E-state index contributed by atoms with van der Waals surface area (Å²) in [6, 6.07) is 17.0. The van der Waals surface area contributed by atoms with Crippen molar-refractivity contribution < 1.29 is 4.79 Å². The van der Waals surface area contributed by atoms with E-state index in [1.54, 1.807) is 18.2 Å². The molecule has 2 heterocycles. The van der Waals surface area contributed by atoms with Gasteiger partial charge < -0.3 is 10.3 Å². The minimum absolute atomic E-state index is 0.100. The van der Waals surface area contributed by atoms with Gasteiger partial charge in [0.25, 0.3) is 5.91 Å². The molecule has 0 saturated heterocycles. The number of para-hydroxylation sites is 1. The van der Waals surface area contributed by atoms with Crippen LogP contribution in [0.3, 0.4) is 0 Å². The summed E-state index contributed by atoms with van der Waals surface area (Å²) in [4.78, 5) is 32.4. The van der Waals surface area contributed by atoms with Gasteiger partial charge in [-0.3, -0.25) is 9.59 Å². The smallest absolute Gasteiger partial charge is 0.257 e. The predicted octanol–water partition coefficient (Wildman–Crippen LogP) is 3.58. The molecule has 5 nitrogen and oxygen atoms in total. The average molecular weight is 361 g/mol. The van der Waals surface area contributed by atoms with Gasteiger partial charge in [0.1, 0.15) is 10.6 Å². The number of benzene rings is 2. The number of thiazole rings is 1. The van der Waals surface area contributed by atoms with Crippen LogP contribution in [0.5, 0.6) is 0 Å². The summed E-state index contributed by atoms with van der Waals surface area (Å²) in [5.41, 5.74) is 2.45. The molecule has 0 unspecified atom stereocenters. The molecular formula is C20H15N3O2S. The highest BCUT2D eigenvalue weighted by atomic mass is 32.1. The molecule has 2 aromatic heterocycles. The van der Waals surface area contributed by atoms with E-state index in [9.17, 15) is 9.59 Å². The molecule has 4 aromatic rings. The molecule has 0 spiro atoms. The lowest BCUT2D eigenvalue weighted by atomic mass is 10.1. The lowest BCUT2D eigenvalue weighted by Crippen LogP contribution is -2.28. The maximum atomic E-state index is 12.5. The van der Waals surface area contributed by atoms with Crippen molar-refractivity contribution in [1.29, 1.82) is 0 Å². The van der Waals surface area contributed by atoms with Crippen molar-refractivity contribution in [3.05, 3.63) is 87.0 Å². The van der Waals surface area contributed by atoms with E-state index in [2.05, 4.69) is 15.3 Å². The average Bonchev–Trinajstić information content (AvgIpc) is 3.16. The van der Waals surface area contributed by atoms with Crippen molar-refractivity contribution >= 4 is 28.1 Å². The number of hydrogen-bond acceptors (Lipinski definition) is 4. The third kappa shape index (κ3) is 3.14. The first-order valence-corrected chi connectivity index (χ1v) is 8.99. The molecular weight excluding hydrogens is 346 g/mol. The fourth-order valence-electron chi connectivity index (χ4n) is 2.72. The SMILES string of the molecule is O=C(NCc1nc(-c2ccccc2)cs1)c1c[nH]c2ccccc2c1=O. The van der Waals surface area contributed by atoms with E-state index < -0.39 is 5.91 Å². The Bertz CT molecular complexity index is 1130. The molecule has 2 N–H and O–H groups in total. The van der Waals surface area contributed by atoms with Crippen molar-refractivity contribution in [3.8, 4) is 11.3 Å². The summed E-state index contributed by atoms with van der Waals surface area (Å²) in [6.07, 6.45) is 1.46. The maximum absolute atomic E-state index is 12.5. The molecule has 0 aliphatic carbocycles. The Morgan fingerprint density at radius 3 is 2.69 bits per heavy atom. The van der Waals surface area contributed by atoms with Gasteiger partial charge in [-0.15, -0.1) is 11.3 Å². The quantitative estimate of drug-likeness (QED) is 0.583. The largest absolute Gasteiger partial charge is 0.360 e. The van der Waals surface area contributed by atoms with Gasteiger partial charge in [0.2, 0.25) is 5.43 Å². The van der Waals surface area contributed by atoms with Crippen LogP contribution >= 0.6 is 11.3 Å². The number of pyridine rings is 1. The summed E-state index contributed by atoms with van der Waals surface area (Å²) in [7, 11) is 0. The number of rotatable bonds is 4. The van der Waals surface area contributed by atoms with Crippen LogP contribution in [0.2, 0.25) is 0 Å². The lowest BCUT2D eigenvalue weighted by molar-refractivity contribution is 0.0949. The molecule has 0 fully saturated rings. The van der Waals surface area contributed by atoms with E-state index in [4.69, 9.17) is 0 Å². The monoisotopic (exact) mass is 361 g/mol. The second kappa shape index (κ2) is 6.93. The predicted molar refractivity (Wildman–Crippen MR) is 103 cm³/mol. The molecule has 128 valence electrons. The first kappa shape index (κ1) is 16.2. The van der Waals surface area contributed by atoms with Gasteiger partial charge >= 0.3 is 0 Å². The van der Waals surface area contributed by atoms with Crippen LogP contribution < -0.4 is 10.7 Å². The summed E-state index contributed by atoms with van der Waals surface area (Å²) in [6.45, 7) is 0.280. The molecule has 0 radical (unpaired) electrons. The zero-order valence-corrected chi connectivity index (χ0v) is 14.5. The van der Waals surface area contributed by atoms with Crippen LogP contribution in [0.4, 0.5) is 0 Å². The minimum Gasteiger partial charge on any atom is -0.360 e. The van der Waals surface area contributed by atoms with E-state index in [-0.39, 0.29) is 17.5 Å². The van der Waals surface area contributed by atoms with Crippen LogP contribution in [-0.4, -0.2) is 15.9 Å². The summed E-state index contributed by atoms with van der Waals surface area (Å²) >= 11 is 1.48. The molecule has 0 aliphatic rings. The number of aromatic nitrogens is 2. The van der Waals surface area contributed by atoms with Gasteiger partial charge in [-0.1, -0.05) is 42.5 Å². The van der Waals surface area contributed by atoms with Gasteiger partial charge in [0.05, 0.1) is 12.2 Å². The summed E-state index contributed by atoms with van der Waals surface area (Å²) in [5, 5.41) is 6.02. The van der Waals surface area contributed by atoms with Crippen LogP contribution in [0, 0.1) is 0 Å². The number of hydrogen-bond donors (Lipinski definition) is 2. The number of fused-ring (bicyclic) bond motifs is 1. The van der Waals surface area contributed by atoms with E-state index in [1.807, 2.05) is 41.8 Å². The second-order valence-electron chi connectivity index (χ2n) is 5.75. The number of amides is 1. The lowest BCUT2D eigenvalue weighted by Gasteiger charge is -2.04. The third-order valence-electron chi connectivity index (χ3n) is 4.05. The van der Waals surface area contributed by atoms with Crippen LogP contribution in [0.15, 0.2) is 71.0 Å². The summed E-state index contributed by atoms with van der Waals surface area (Å²) in [5.74, 6) is -0.409. The van der Waals surface area contributed by atoms with Gasteiger partial charge in [-0.05, 0) is 12.1 Å². The fraction of sp³-hybridized carbons (Fsp3) is 0.0500. The van der Waals surface area contributed by atoms with Gasteiger partial charge in [0, 0.05) is 28.0 Å². The number of carbonyl (C=O) groups excluding carboxylic acids is 1. The molecule has 1 amide bonds. The van der Waals surface area contributed by atoms with Gasteiger partial charge in [-0.2, -0.15) is 0 Å². The molecule has 0 aliphatic heterocycles. The van der Waals surface area contributed by atoms with Gasteiger partial charge in [-0.25, -0.2) is 4.98 Å². The van der Waals surface area contributed by atoms with Crippen molar-refractivity contribution in [2.24, 2.45) is 0 Å². The Hall–Kier alpha value is -3.25. The zero-order valence-electron chi connectivity index (χ0n) is 13.7. The Morgan fingerprint density at radius 1 is 1.08 bits per heavy atom. The van der Waals surface area contributed by atoms with E-state index in [1.165, 1.54) is 17.5 Å². The Morgan fingerprint density at radius 2 is 1.85 bits per heavy atom. The molecule has 2 aromatic carbocycles. The van der Waals surface area contributed by atoms with E-state index >= 15 is 0 Å². The second-order valence-corrected chi connectivity index (χ2v) is 6.69. The van der Waals surface area contributed by atoms with Crippen molar-refractivity contribution in [2.75, 3.05) is 0 Å². The first-order valence-electron chi connectivity index (χ1n) is 8.11. The molecule has 6 heteroatoms. The Kier molecular flexibility index (Phi) is 4.33. The van der Waals surface area contributed by atoms with Crippen molar-refractivity contribution in [3.63, 3.8) is 0 Å². The Balaban J connectivity index is 1.50. The number of nitrogens with one attached hydrogen (secondary N) is 2. The molecule has 26 heavy (non-hydrogen) atoms. The Labute approximate surface area is 153 Å². The van der Waals surface area contributed by atoms with Crippen LogP contribution in [0.1, 0.15) is 15.4 Å². The summed E-state index contributed by atoms with van der Waals surface area (Å²) < 4.78 is 0. The third-order valence-corrected chi connectivity index (χ3v) is 4.90. The highest BCUT2D eigenvalue weighted by Crippen LogP contribution is 2.21. The topological polar surface area (TPSA) is 74.8 Å². The number of H-pyrrole nitrogens is 1. The normalized spacial score (nSPS) is 10.8. The standard InChI is InChI=1S/C20H15N3O2S/c24-19-14-8-4-5-9-16(14)21-10-15(19)20(25)22-11-18-23-17(12-26-18)13-6-2-1-3-7-13/h1-10,12H,11H2,(H,21,24)(H,22,25). The van der Waals surface area contributed by atoms with Crippen LogP contribution in [0.25, 0.3) is 22.2 Å². The number of aromatic amines is 1. The van der Waals surface area contributed by atoms with Crippen molar-refractivity contribution in [1.82, 2.24) is 15.3 Å². The maximum Gasteiger partial charge on any atom is 0.257 e. The first-order chi connectivity index (χ1) is 12.7. The molecule has 0 bridgehead atoms. The fourth-order valence-corrected chi connectivity index (χ4v) is 3.46. The number of nitrogens with zero attached hydrogens (tertiary/aromatic N) is 1. The minimum atomic E-state index is -0.409. The molecule has 0 saturated carbocycles. The van der Waals surface area contributed by atoms with Crippen molar-refractivity contribution in [2.45, 2.75) is 6.54 Å². The highest BCUT2D eigenvalue weighted by Gasteiger charge is 2.13. The van der Waals surface area contributed by atoms with E-state index in [0.717, 1.165) is 16.3 Å². The molecule has 4 rings (SSSR count). The van der Waals surface area contributed by atoms with E-state index in [0.29, 0.717) is 10.9 Å². The zero-order chi connectivity index (χ0) is 17.9.